The number of nitriles is 1. The van der Waals surface area contributed by atoms with Crippen LogP contribution in [0.1, 0.15) is 22.4 Å². The van der Waals surface area contributed by atoms with Crippen molar-refractivity contribution in [2.24, 2.45) is 0 Å². The van der Waals surface area contributed by atoms with Crippen LogP contribution in [0.4, 0.5) is 5.00 Å². The lowest BCUT2D eigenvalue weighted by Gasteiger charge is -1.99. The zero-order valence-electron chi connectivity index (χ0n) is 9.40. The summed E-state index contributed by atoms with van der Waals surface area (Å²) in [4.78, 5) is 22.9. The van der Waals surface area contributed by atoms with E-state index in [-0.39, 0.29) is 0 Å². The van der Waals surface area contributed by atoms with Gasteiger partial charge < -0.3 is 10.4 Å². The molecule has 1 aromatic rings. The molecule has 0 aliphatic heterocycles. The lowest BCUT2D eigenvalue weighted by molar-refractivity contribution is -0.131. The number of amides is 1. The average Bonchev–Trinajstić information content (AvgIpc) is 2.86. The number of anilines is 1. The van der Waals surface area contributed by atoms with Crippen molar-refractivity contribution in [3.05, 3.63) is 28.2 Å². The van der Waals surface area contributed by atoms with Gasteiger partial charge in [0.2, 0.25) is 5.91 Å². The summed E-state index contributed by atoms with van der Waals surface area (Å²) in [6.45, 7) is 0. The number of aliphatic carboxylic acids is 1. The predicted octanol–water partition coefficient (Wildman–Crippen LogP) is 1.69. The molecule has 0 aromatic carbocycles. The van der Waals surface area contributed by atoms with E-state index in [0.29, 0.717) is 10.6 Å². The second-order valence-corrected chi connectivity index (χ2v) is 4.94. The summed E-state index contributed by atoms with van der Waals surface area (Å²) >= 11 is 1.40. The monoisotopic (exact) mass is 262 g/mol. The molecule has 1 aromatic heterocycles. The van der Waals surface area contributed by atoms with Crippen molar-refractivity contribution in [3.8, 4) is 6.07 Å². The molecule has 0 unspecified atom stereocenters. The van der Waals surface area contributed by atoms with Gasteiger partial charge in [0.25, 0.3) is 0 Å². The van der Waals surface area contributed by atoms with Crippen LogP contribution in [-0.4, -0.2) is 17.0 Å². The van der Waals surface area contributed by atoms with Crippen molar-refractivity contribution in [1.29, 1.82) is 5.26 Å². The molecule has 1 amide bonds. The molecule has 0 atom stereocenters. The van der Waals surface area contributed by atoms with Crippen LogP contribution >= 0.6 is 11.3 Å². The fourth-order valence-electron chi connectivity index (χ4n) is 1.91. The molecular formula is C12H10N2O3S. The van der Waals surface area contributed by atoms with E-state index in [1.54, 1.807) is 0 Å². The predicted molar refractivity (Wildman–Crippen MR) is 66.5 cm³/mol. The number of fused-ring (bicyclic) bond motifs is 1. The Bertz CT molecular complexity index is 581. The van der Waals surface area contributed by atoms with E-state index in [1.165, 1.54) is 11.3 Å². The third kappa shape index (κ3) is 2.41. The first kappa shape index (κ1) is 12.3. The van der Waals surface area contributed by atoms with Crippen LogP contribution in [0, 0.1) is 11.3 Å². The van der Waals surface area contributed by atoms with Crippen LogP contribution in [0.3, 0.4) is 0 Å². The lowest BCUT2D eigenvalue weighted by atomic mass is 10.1. The van der Waals surface area contributed by atoms with Crippen molar-refractivity contribution in [1.82, 2.24) is 0 Å². The Kier molecular flexibility index (Phi) is 3.44. The molecule has 92 valence electrons. The number of aryl methyl sites for hydroxylation is 1. The van der Waals surface area contributed by atoms with E-state index in [9.17, 15) is 9.59 Å². The van der Waals surface area contributed by atoms with Crippen molar-refractivity contribution in [2.75, 3.05) is 5.32 Å². The first-order valence-corrected chi connectivity index (χ1v) is 6.20. The van der Waals surface area contributed by atoms with Gasteiger partial charge in [0.05, 0.1) is 5.56 Å². The van der Waals surface area contributed by atoms with E-state index < -0.39 is 11.9 Å². The third-order valence-corrected chi connectivity index (χ3v) is 3.85. The van der Waals surface area contributed by atoms with E-state index in [4.69, 9.17) is 10.4 Å². The number of carboxylic acid groups (broad SMARTS) is 1. The van der Waals surface area contributed by atoms with Gasteiger partial charge in [-0.15, -0.1) is 11.3 Å². The summed E-state index contributed by atoms with van der Waals surface area (Å²) in [5, 5.41) is 20.6. The molecule has 18 heavy (non-hydrogen) atoms. The Labute approximate surface area is 107 Å². The smallest absolute Gasteiger partial charge is 0.328 e. The highest BCUT2D eigenvalue weighted by atomic mass is 32.1. The van der Waals surface area contributed by atoms with Crippen LogP contribution < -0.4 is 5.32 Å². The van der Waals surface area contributed by atoms with Gasteiger partial charge in [0, 0.05) is 17.0 Å². The largest absolute Gasteiger partial charge is 0.478 e. The molecule has 0 bridgehead atoms. The summed E-state index contributed by atoms with van der Waals surface area (Å²) < 4.78 is 0. The van der Waals surface area contributed by atoms with Gasteiger partial charge in [0.15, 0.2) is 0 Å². The summed E-state index contributed by atoms with van der Waals surface area (Å²) in [6, 6.07) is 2.10. The fourth-order valence-corrected chi connectivity index (χ4v) is 3.15. The number of hydrogen-bond acceptors (Lipinski definition) is 4. The summed E-state index contributed by atoms with van der Waals surface area (Å²) in [6.07, 6.45) is 4.56. The molecule has 2 N–H and O–H groups in total. The average molecular weight is 262 g/mol. The van der Waals surface area contributed by atoms with Crippen LogP contribution in [0.15, 0.2) is 12.2 Å². The number of nitrogens with zero attached hydrogens (tertiary/aromatic N) is 1. The minimum absolute atomic E-state index is 0.516. The van der Waals surface area contributed by atoms with Crippen molar-refractivity contribution in [3.63, 3.8) is 0 Å². The number of rotatable bonds is 3. The Morgan fingerprint density at radius 1 is 1.39 bits per heavy atom. The molecular weight excluding hydrogens is 252 g/mol. The zero-order valence-corrected chi connectivity index (χ0v) is 10.2. The van der Waals surface area contributed by atoms with E-state index in [1.807, 2.05) is 0 Å². The topological polar surface area (TPSA) is 90.2 Å². The maximum Gasteiger partial charge on any atom is 0.328 e. The van der Waals surface area contributed by atoms with Crippen LogP contribution in [0.25, 0.3) is 0 Å². The maximum atomic E-state index is 11.4. The quantitative estimate of drug-likeness (QED) is 0.811. The molecule has 0 saturated carbocycles. The van der Waals surface area contributed by atoms with Crippen LogP contribution in [-0.2, 0) is 22.4 Å². The number of hydrogen-bond donors (Lipinski definition) is 2. The van der Waals surface area contributed by atoms with E-state index in [0.717, 1.165) is 41.9 Å². The molecule has 1 heterocycles. The number of nitrogens with one attached hydrogen (secondary N) is 1. The lowest BCUT2D eigenvalue weighted by Crippen LogP contribution is -2.08. The fraction of sp³-hybridized carbons (Fsp3) is 0.250. The second kappa shape index (κ2) is 5.02. The number of carboxylic acids is 1. The van der Waals surface area contributed by atoms with Gasteiger partial charge >= 0.3 is 5.97 Å². The number of thiophene rings is 1. The molecule has 0 radical (unpaired) electrons. The van der Waals surface area contributed by atoms with Gasteiger partial charge in [0.1, 0.15) is 11.1 Å². The SMILES string of the molecule is N#Cc1c(NC(=O)C=CC(=O)O)sc2c1CCC2. The summed E-state index contributed by atoms with van der Waals surface area (Å²) in [7, 11) is 0. The highest BCUT2D eigenvalue weighted by Crippen LogP contribution is 2.38. The minimum atomic E-state index is -1.18. The standard InChI is InChI=1S/C12H10N2O3S/c13-6-8-7-2-1-3-9(7)18-12(8)14-10(15)4-5-11(16)17/h4-5H,1-3H2,(H,14,15)(H,16,17). The van der Waals surface area contributed by atoms with Gasteiger partial charge in [-0.1, -0.05) is 0 Å². The molecule has 0 fully saturated rings. The first-order chi connectivity index (χ1) is 8.61. The Balaban J connectivity index is 2.18. The molecule has 2 rings (SSSR count). The number of carbonyl (C=O) groups is 2. The van der Waals surface area contributed by atoms with Gasteiger partial charge in [-0.3, -0.25) is 4.79 Å². The van der Waals surface area contributed by atoms with E-state index >= 15 is 0 Å². The Morgan fingerprint density at radius 2 is 2.17 bits per heavy atom. The molecule has 5 nitrogen and oxygen atoms in total. The second-order valence-electron chi connectivity index (χ2n) is 3.83. The third-order valence-electron chi connectivity index (χ3n) is 2.65. The van der Waals surface area contributed by atoms with Crippen molar-refractivity contribution < 1.29 is 14.7 Å². The first-order valence-electron chi connectivity index (χ1n) is 5.38. The van der Waals surface area contributed by atoms with Crippen LogP contribution in [0.5, 0.6) is 0 Å². The molecule has 1 aliphatic rings. The molecule has 0 spiro atoms. The van der Waals surface area contributed by atoms with Crippen molar-refractivity contribution >= 4 is 28.2 Å². The molecule has 6 heteroatoms. The zero-order chi connectivity index (χ0) is 13.1. The van der Waals surface area contributed by atoms with Gasteiger partial charge in [-0.05, 0) is 24.8 Å². The van der Waals surface area contributed by atoms with E-state index in [2.05, 4.69) is 11.4 Å². The highest BCUT2D eigenvalue weighted by molar-refractivity contribution is 7.16. The van der Waals surface area contributed by atoms with Gasteiger partial charge in [-0.2, -0.15) is 5.26 Å². The van der Waals surface area contributed by atoms with Gasteiger partial charge in [-0.25, -0.2) is 4.79 Å². The Hall–Kier alpha value is -2.13. The summed E-state index contributed by atoms with van der Waals surface area (Å²) in [5.41, 5.74) is 1.55. The normalized spacial score (nSPS) is 13.3. The molecule has 0 saturated heterocycles. The summed E-state index contributed by atoms with van der Waals surface area (Å²) in [5.74, 6) is -1.71. The minimum Gasteiger partial charge on any atom is -0.478 e. The van der Waals surface area contributed by atoms with Crippen molar-refractivity contribution in [2.45, 2.75) is 19.3 Å². The number of carbonyl (C=O) groups excluding carboxylic acids is 1. The van der Waals surface area contributed by atoms with Crippen LogP contribution in [0.2, 0.25) is 0 Å². The maximum absolute atomic E-state index is 11.4. The molecule has 1 aliphatic carbocycles. The highest BCUT2D eigenvalue weighted by Gasteiger charge is 2.22. The Morgan fingerprint density at radius 3 is 2.83 bits per heavy atom.